The highest BCUT2D eigenvalue weighted by atomic mass is 19.4. The van der Waals surface area contributed by atoms with Gasteiger partial charge in [0.05, 0.1) is 6.61 Å². The zero-order chi connectivity index (χ0) is 18.1. The molecule has 0 aliphatic carbocycles. The molecule has 1 unspecified atom stereocenters. The van der Waals surface area contributed by atoms with Gasteiger partial charge in [-0.05, 0) is 24.1 Å². The van der Waals surface area contributed by atoms with Crippen molar-refractivity contribution in [3.05, 3.63) is 35.4 Å². The van der Waals surface area contributed by atoms with Gasteiger partial charge in [-0.3, -0.25) is 9.59 Å². The van der Waals surface area contributed by atoms with Crippen molar-refractivity contribution in [1.82, 2.24) is 10.2 Å². The van der Waals surface area contributed by atoms with E-state index in [1.165, 1.54) is 12.1 Å². The molecule has 25 heavy (non-hydrogen) atoms. The third-order valence-electron chi connectivity index (χ3n) is 4.65. The minimum Gasteiger partial charge on any atom is -0.379 e. The number of hydrogen-bond donors (Lipinski definition) is 1. The predicted molar refractivity (Wildman–Crippen MR) is 82.8 cm³/mol. The molecule has 1 atom stereocenters. The Bertz CT molecular complexity index is 669. The van der Waals surface area contributed by atoms with Crippen LogP contribution in [0.3, 0.4) is 0 Å². The van der Waals surface area contributed by atoms with Crippen molar-refractivity contribution < 1.29 is 27.5 Å². The number of carbonyl (C=O) groups is 2. The van der Waals surface area contributed by atoms with E-state index in [-0.39, 0.29) is 24.5 Å². The molecule has 5 nitrogen and oxygen atoms in total. The van der Waals surface area contributed by atoms with Crippen LogP contribution >= 0.6 is 0 Å². The zero-order valence-corrected chi connectivity index (χ0v) is 13.6. The molecule has 3 rings (SSSR count). The minimum atomic E-state index is -4.58. The molecule has 2 fully saturated rings. The first kappa shape index (κ1) is 17.7. The van der Waals surface area contributed by atoms with Crippen molar-refractivity contribution in [2.45, 2.75) is 37.5 Å². The Labute approximate surface area is 143 Å². The number of ether oxygens (including phenoxy) is 1. The van der Waals surface area contributed by atoms with E-state index in [4.69, 9.17) is 4.74 Å². The van der Waals surface area contributed by atoms with Crippen molar-refractivity contribution in [2.75, 3.05) is 19.8 Å². The first-order chi connectivity index (χ1) is 11.8. The quantitative estimate of drug-likeness (QED) is 0.900. The number of carbonyl (C=O) groups excluding carboxylic acids is 2. The van der Waals surface area contributed by atoms with Crippen molar-refractivity contribution in [2.24, 2.45) is 0 Å². The van der Waals surface area contributed by atoms with E-state index in [9.17, 15) is 22.8 Å². The molecule has 1 aromatic rings. The summed E-state index contributed by atoms with van der Waals surface area (Å²) in [5, 5.41) is 2.11. The highest BCUT2D eigenvalue weighted by Gasteiger charge is 2.58. The topological polar surface area (TPSA) is 58.6 Å². The van der Waals surface area contributed by atoms with Crippen LogP contribution < -0.4 is 5.32 Å². The maximum absolute atomic E-state index is 13.3. The summed E-state index contributed by atoms with van der Waals surface area (Å²) >= 11 is 0. The Balaban J connectivity index is 1.74. The Morgan fingerprint density at radius 2 is 2.16 bits per heavy atom. The fourth-order valence-electron chi connectivity index (χ4n) is 3.15. The Morgan fingerprint density at radius 1 is 1.36 bits per heavy atom. The zero-order valence-electron chi connectivity index (χ0n) is 13.6. The van der Waals surface area contributed by atoms with Crippen LogP contribution in [-0.4, -0.2) is 48.2 Å². The number of nitrogens with zero attached hydrogens (tertiary/aromatic N) is 1. The maximum Gasteiger partial charge on any atom is 0.413 e. The lowest BCUT2D eigenvalue weighted by atomic mass is 9.97. The SMILES string of the molecule is O=C(NC1(C(F)(F)F)CCOC1)c1cccc(CN2CCCC2=O)c1. The predicted octanol–water partition coefficient (Wildman–Crippen LogP) is 2.26. The first-order valence-corrected chi connectivity index (χ1v) is 8.14. The van der Waals surface area contributed by atoms with Gasteiger partial charge < -0.3 is 15.0 Å². The van der Waals surface area contributed by atoms with Gasteiger partial charge in [-0.25, -0.2) is 0 Å². The van der Waals surface area contributed by atoms with Crippen LogP contribution in [0.4, 0.5) is 13.2 Å². The first-order valence-electron chi connectivity index (χ1n) is 8.14. The smallest absolute Gasteiger partial charge is 0.379 e. The summed E-state index contributed by atoms with van der Waals surface area (Å²) in [4.78, 5) is 25.7. The highest BCUT2D eigenvalue weighted by molar-refractivity contribution is 5.95. The standard InChI is InChI=1S/C17H19F3N2O3/c18-17(19,20)16(6-8-25-11-16)21-15(24)13-4-1-3-12(9-13)10-22-7-2-5-14(22)23/h1,3-4,9H,2,5-8,10-11H2,(H,21,24). The van der Waals surface area contributed by atoms with Gasteiger partial charge in [-0.1, -0.05) is 12.1 Å². The maximum atomic E-state index is 13.3. The molecule has 1 N–H and O–H groups in total. The summed E-state index contributed by atoms with van der Waals surface area (Å²) in [6.07, 6.45) is -3.58. The fourth-order valence-corrected chi connectivity index (χ4v) is 3.15. The van der Waals surface area contributed by atoms with E-state index in [1.54, 1.807) is 17.0 Å². The number of alkyl halides is 3. The monoisotopic (exact) mass is 356 g/mol. The van der Waals surface area contributed by atoms with Crippen LogP contribution in [0, 0.1) is 0 Å². The summed E-state index contributed by atoms with van der Waals surface area (Å²) in [6, 6.07) is 6.35. The molecule has 136 valence electrons. The average Bonchev–Trinajstić information content (AvgIpc) is 3.18. The molecule has 2 heterocycles. The Hall–Kier alpha value is -2.09. The largest absolute Gasteiger partial charge is 0.413 e. The second kappa shape index (κ2) is 6.67. The third kappa shape index (κ3) is 3.63. The molecule has 0 saturated carbocycles. The molecule has 0 radical (unpaired) electrons. The number of amides is 2. The lowest BCUT2D eigenvalue weighted by molar-refractivity contribution is -0.192. The number of likely N-dealkylation sites (tertiary alicyclic amines) is 1. The average molecular weight is 356 g/mol. The molecule has 1 aromatic carbocycles. The number of rotatable bonds is 4. The third-order valence-corrected chi connectivity index (χ3v) is 4.65. The Morgan fingerprint density at radius 3 is 2.76 bits per heavy atom. The summed E-state index contributed by atoms with van der Waals surface area (Å²) < 4.78 is 44.9. The Kier molecular flexibility index (Phi) is 4.73. The summed E-state index contributed by atoms with van der Waals surface area (Å²) in [5.74, 6) is -0.744. The number of halogens is 3. The van der Waals surface area contributed by atoms with Crippen LogP contribution in [-0.2, 0) is 16.1 Å². The van der Waals surface area contributed by atoms with Gasteiger partial charge in [0.1, 0.15) is 0 Å². The van der Waals surface area contributed by atoms with Gasteiger partial charge in [0.15, 0.2) is 5.54 Å². The lowest BCUT2D eigenvalue weighted by Crippen LogP contribution is -2.59. The van der Waals surface area contributed by atoms with E-state index in [1.807, 2.05) is 0 Å². The normalized spacial score (nSPS) is 24.0. The van der Waals surface area contributed by atoms with Gasteiger partial charge in [0.25, 0.3) is 5.91 Å². The fraction of sp³-hybridized carbons (Fsp3) is 0.529. The summed E-state index contributed by atoms with van der Waals surface area (Å²) in [5.41, 5.74) is -1.49. The van der Waals surface area contributed by atoms with Crippen LogP contribution in [0.25, 0.3) is 0 Å². The van der Waals surface area contributed by atoms with E-state index in [2.05, 4.69) is 5.32 Å². The minimum absolute atomic E-state index is 0.0447. The molecule has 2 saturated heterocycles. The lowest BCUT2D eigenvalue weighted by Gasteiger charge is -2.31. The highest BCUT2D eigenvalue weighted by Crippen LogP contribution is 2.37. The van der Waals surface area contributed by atoms with Crippen molar-refractivity contribution >= 4 is 11.8 Å². The molecule has 2 amide bonds. The van der Waals surface area contributed by atoms with E-state index in [0.717, 1.165) is 6.42 Å². The molecule has 0 aromatic heterocycles. The van der Waals surface area contributed by atoms with Crippen molar-refractivity contribution in [3.63, 3.8) is 0 Å². The van der Waals surface area contributed by atoms with Crippen LogP contribution in [0.2, 0.25) is 0 Å². The molecule has 0 bridgehead atoms. The molecule has 2 aliphatic rings. The number of benzene rings is 1. The van der Waals surface area contributed by atoms with E-state index < -0.39 is 24.2 Å². The molecular formula is C17H19F3N2O3. The van der Waals surface area contributed by atoms with E-state index in [0.29, 0.717) is 25.1 Å². The van der Waals surface area contributed by atoms with Gasteiger partial charge in [0, 0.05) is 38.1 Å². The summed E-state index contributed by atoms with van der Waals surface area (Å²) in [7, 11) is 0. The van der Waals surface area contributed by atoms with Gasteiger partial charge >= 0.3 is 6.18 Å². The number of nitrogens with one attached hydrogen (secondary N) is 1. The van der Waals surface area contributed by atoms with Gasteiger partial charge in [-0.15, -0.1) is 0 Å². The van der Waals surface area contributed by atoms with Gasteiger partial charge in [0.2, 0.25) is 5.91 Å². The van der Waals surface area contributed by atoms with Crippen molar-refractivity contribution in [1.29, 1.82) is 0 Å². The van der Waals surface area contributed by atoms with Crippen LogP contribution in [0.5, 0.6) is 0 Å². The number of hydrogen-bond acceptors (Lipinski definition) is 3. The van der Waals surface area contributed by atoms with Crippen LogP contribution in [0.15, 0.2) is 24.3 Å². The molecule has 8 heteroatoms. The molecular weight excluding hydrogens is 337 g/mol. The van der Waals surface area contributed by atoms with Crippen molar-refractivity contribution in [3.8, 4) is 0 Å². The summed E-state index contributed by atoms with van der Waals surface area (Å²) in [6.45, 7) is 0.387. The van der Waals surface area contributed by atoms with E-state index >= 15 is 0 Å². The second-order valence-corrected chi connectivity index (χ2v) is 6.46. The molecule has 0 spiro atoms. The second-order valence-electron chi connectivity index (χ2n) is 6.46. The van der Waals surface area contributed by atoms with Crippen LogP contribution in [0.1, 0.15) is 35.2 Å². The van der Waals surface area contributed by atoms with Gasteiger partial charge in [-0.2, -0.15) is 13.2 Å². The molecule has 2 aliphatic heterocycles.